The van der Waals surface area contributed by atoms with Crippen LogP contribution in [0.2, 0.25) is 5.02 Å². The van der Waals surface area contributed by atoms with E-state index in [0.29, 0.717) is 18.7 Å². The average molecular weight is 299 g/mol. The fraction of sp³-hybridized carbons (Fsp3) is 0.462. The highest BCUT2D eigenvalue weighted by Crippen LogP contribution is 2.25. The molecule has 0 aromatic heterocycles. The van der Waals surface area contributed by atoms with Crippen LogP contribution >= 0.6 is 11.6 Å². The van der Waals surface area contributed by atoms with Gasteiger partial charge in [0.2, 0.25) is 0 Å². The molecule has 108 valence electrons. The number of halogens is 1. The maximum atomic E-state index is 12.3. The first-order valence-electron chi connectivity index (χ1n) is 6.59. The molecule has 0 bridgehead atoms. The number of hydrogen-bond acceptors (Lipinski definition) is 3. The second-order valence-corrected chi connectivity index (χ2v) is 5.23. The van der Waals surface area contributed by atoms with Gasteiger partial charge in [-0.05, 0) is 19.1 Å². The zero-order chi connectivity index (χ0) is 14.7. The van der Waals surface area contributed by atoms with Crippen molar-refractivity contribution >= 4 is 23.2 Å². The Labute approximate surface area is 122 Å². The van der Waals surface area contributed by atoms with Crippen LogP contribution in [0.1, 0.15) is 17.3 Å². The molecule has 1 heterocycles. The van der Waals surface area contributed by atoms with Gasteiger partial charge in [0.05, 0.1) is 37.6 Å². The molecular formula is C13H17ClN3O3+. The van der Waals surface area contributed by atoms with E-state index in [4.69, 9.17) is 11.6 Å². The van der Waals surface area contributed by atoms with Crippen LogP contribution in [0.4, 0.5) is 5.69 Å². The first kappa shape index (κ1) is 14.7. The Kier molecular flexibility index (Phi) is 4.57. The lowest BCUT2D eigenvalue weighted by atomic mass is 10.1. The normalized spacial score (nSPS) is 16.2. The van der Waals surface area contributed by atoms with Gasteiger partial charge in [-0.3, -0.25) is 14.9 Å². The minimum atomic E-state index is -0.571. The largest absolute Gasteiger partial charge is 0.332 e. The van der Waals surface area contributed by atoms with Gasteiger partial charge >= 0.3 is 0 Å². The van der Waals surface area contributed by atoms with E-state index in [0.717, 1.165) is 19.6 Å². The Balaban J connectivity index is 2.14. The minimum Gasteiger partial charge on any atom is -0.332 e. The third kappa shape index (κ3) is 3.08. The van der Waals surface area contributed by atoms with E-state index in [9.17, 15) is 14.9 Å². The van der Waals surface area contributed by atoms with Gasteiger partial charge in [0.15, 0.2) is 0 Å². The Morgan fingerprint density at radius 2 is 2.10 bits per heavy atom. The smallest absolute Gasteiger partial charge is 0.288 e. The number of hydrogen-bond donors (Lipinski definition) is 1. The highest BCUT2D eigenvalue weighted by atomic mass is 35.5. The highest BCUT2D eigenvalue weighted by Gasteiger charge is 2.25. The Hall–Kier alpha value is -1.66. The van der Waals surface area contributed by atoms with Crippen molar-refractivity contribution in [2.24, 2.45) is 0 Å². The van der Waals surface area contributed by atoms with Crippen LogP contribution in [0.15, 0.2) is 18.2 Å². The van der Waals surface area contributed by atoms with Crippen molar-refractivity contribution in [3.63, 3.8) is 0 Å². The molecule has 1 fully saturated rings. The van der Waals surface area contributed by atoms with E-state index in [1.165, 1.54) is 23.1 Å². The summed E-state index contributed by atoms with van der Waals surface area (Å²) in [7, 11) is 0. The molecule has 1 aromatic rings. The highest BCUT2D eigenvalue weighted by molar-refractivity contribution is 6.32. The Morgan fingerprint density at radius 3 is 2.65 bits per heavy atom. The zero-order valence-corrected chi connectivity index (χ0v) is 12.0. The molecule has 0 aliphatic carbocycles. The van der Waals surface area contributed by atoms with E-state index in [1.807, 2.05) is 0 Å². The number of nitro benzene ring substituents is 1. The monoisotopic (exact) mass is 298 g/mol. The van der Waals surface area contributed by atoms with Crippen LogP contribution in [-0.2, 0) is 0 Å². The van der Waals surface area contributed by atoms with E-state index in [2.05, 4.69) is 6.92 Å². The van der Waals surface area contributed by atoms with E-state index >= 15 is 0 Å². The van der Waals surface area contributed by atoms with Crippen LogP contribution in [0.3, 0.4) is 0 Å². The van der Waals surface area contributed by atoms with Crippen molar-refractivity contribution in [3.05, 3.63) is 38.9 Å². The molecule has 20 heavy (non-hydrogen) atoms. The molecule has 2 rings (SSSR count). The van der Waals surface area contributed by atoms with Crippen molar-refractivity contribution in [2.75, 3.05) is 32.7 Å². The third-order valence-corrected chi connectivity index (χ3v) is 3.97. The molecule has 1 N–H and O–H groups in total. The third-order valence-electron chi connectivity index (χ3n) is 3.65. The van der Waals surface area contributed by atoms with E-state index < -0.39 is 4.92 Å². The molecule has 1 aliphatic heterocycles. The number of nitrogens with one attached hydrogen (secondary N) is 1. The summed E-state index contributed by atoms with van der Waals surface area (Å²) in [6.07, 6.45) is 0. The maximum absolute atomic E-state index is 12.3. The van der Waals surface area contributed by atoms with Crippen molar-refractivity contribution in [1.82, 2.24) is 4.90 Å². The number of benzene rings is 1. The standard InChI is InChI=1S/C13H16ClN3O3/c1-2-15-5-7-16(8-6-15)13(18)10-3-4-11(14)12(9-10)17(19)20/h3-4,9H,2,5-8H2,1H3/p+1. The molecule has 6 nitrogen and oxygen atoms in total. The second-order valence-electron chi connectivity index (χ2n) is 4.82. The van der Waals surface area contributed by atoms with Gasteiger partial charge < -0.3 is 9.80 Å². The summed E-state index contributed by atoms with van der Waals surface area (Å²) >= 11 is 5.75. The zero-order valence-electron chi connectivity index (χ0n) is 11.3. The van der Waals surface area contributed by atoms with Gasteiger partial charge in [0.25, 0.3) is 11.6 Å². The SMILES string of the molecule is CC[NH+]1CCN(C(=O)c2ccc(Cl)c([N+](=O)[O-])c2)CC1. The number of carbonyl (C=O) groups is 1. The van der Waals surface area contributed by atoms with Crippen molar-refractivity contribution in [3.8, 4) is 0 Å². The van der Waals surface area contributed by atoms with Gasteiger partial charge in [0, 0.05) is 11.6 Å². The predicted molar refractivity (Wildman–Crippen MR) is 75.2 cm³/mol. The molecule has 0 radical (unpaired) electrons. The first-order valence-corrected chi connectivity index (χ1v) is 6.97. The summed E-state index contributed by atoms with van der Waals surface area (Å²) in [6, 6.07) is 4.20. The topological polar surface area (TPSA) is 67.9 Å². The van der Waals surface area contributed by atoms with Crippen LogP contribution < -0.4 is 4.90 Å². The number of quaternary nitrogens is 1. The molecule has 7 heteroatoms. The molecular weight excluding hydrogens is 282 g/mol. The van der Waals surface area contributed by atoms with Crippen molar-refractivity contribution in [2.45, 2.75) is 6.92 Å². The van der Waals surface area contributed by atoms with Crippen LogP contribution in [-0.4, -0.2) is 48.5 Å². The first-order chi connectivity index (χ1) is 9.52. The maximum Gasteiger partial charge on any atom is 0.288 e. The van der Waals surface area contributed by atoms with Gasteiger partial charge in [-0.1, -0.05) is 11.6 Å². The Morgan fingerprint density at radius 1 is 1.45 bits per heavy atom. The fourth-order valence-corrected chi connectivity index (χ4v) is 2.53. The molecule has 0 unspecified atom stereocenters. The van der Waals surface area contributed by atoms with Crippen molar-refractivity contribution in [1.29, 1.82) is 0 Å². The second kappa shape index (κ2) is 6.19. The molecule has 1 amide bonds. The van der Waals surface area contributed by atoms with Gasteiger partial charge in [-0.2, -0.15) is 0 Å². The predicted octanol–water partition coefficient (Wildman–Crippen LogP) is 0.609. The van der Waals surface area contributed by atoms with Crippen molar-refractivity contribution < 1.29 is 14.6 Å². The lowest BCUT2D eigenvalue weighted by molar-refractivity contribution is -0.902. The van der Waals surface area contributed by atoms with Gasteiger partial charge in [-0.15, -0.1) is 0 Å². The summed E-state index contributed by atoms with van der Waals surface area (Å²) in [5, 5.41) is 10.9. The van der Waals surface area contributed by atoms with Crippen LogP contribution in [0, 0.1) is 10.1 Å². The fourth-order valence-electron chi connectivity index (χ4n) is 2.35. The molecule has 0 saturated carbocycles. The van der Waals surface area contributed by atoms with Gasteiger partial charge in [-0.25, -0.2) is 0 Å². The number of nitrogens with zero attached hydrogens (tertiary/aromatic N) is 2. The lowest BCUT2D eigenvalue weighted by Gasteiger charge is -2.31. The molecule has 1 saturated heterocycles. The minimum absolute atomic E-state index is 0.0480. The van der Waals surface area contributed by atoms with Crippen LogP contribution in [0.25, 0.3) is 0 Å². The Bertz CT molecular complexity index is 528. The lowest BCUT2D eigenvalue weighted by Crippen LogP contribution is -3.14. The average Bonchev–Trinajstić information content (AvgIpc) is 2.47. The summed E-state index contributed by atoms with van der Waals surface area (Å²) in [6.45, 7) is 6.36. The number of amides is 1. The van der Waals surface area contributed by atoms with E-state index in [-0.39, 0.29) is 16.6 Å². The number of carbonyl (C=O) groups excluding carboxylic acids is 1. The van der Waals surface area contributed by atoms with E-state index in [1.54, 1.807) is 4.90 Å². The van der Waals surface area contributed by atoms with Gasteiger partial charge in [0.1, 0.15) is 5.02 Å². The number of nitro groups is 1. The number of rotatable bonds is 3. The molecule has 1 aromatic carbocycles. The van der Waals surface area contributed by atoms with Crippen LogP contribution in [0.5, 0.6) is 0 Å². The number of piperazine rings is 1. The molecule has 0 spiro atoms. The summed E-state index contributed by atoms with van der Waals surface area (Å²) in [5.41, 5.74) is 0.0939. The summed E-state index contributed by atoms with van der Waals surface area (Å²) in [4.78, 5) is 25.8. The number of likely N-dealkylation sites (N-methyl/N-ethyl adjacent to an activating group) is 1. The summed E-state index contributed by atoms with van der Waals surface area (Å²) in [5.74, 6) is -0.167. The molecule has 0 atom stereocenters. The molecule has 1 aliphatic rings. The summed E-state index contributed by atoms with van der Waals surface area (Å²) < 4.78 is 0. The quantitative estimate of drug-likeness (QED) is 0.657.